The first-order chi connectivity index (χ1) is 32.2. The molecule has 1 amide bonds. The van der Waals surface area contributed by atoms with Crippen molar-refractivity contribution in [2.24, 2.45) is 22.9 Å². The Morgan fingerprint density at radius 3 is 2.35 bits per heavy atom. The van der Waals surface area contributed by atoms with Gasteiger partial charge in [-0.15, -0.1) is 18.3 Å². The van der Waals surface area contributed by atoms with Gasteiger partial charge in [0.15, 0.2) is 0 Å². The molecule has 2 aliphatic carbocycles. The minimum atomic E-state index is -1.46. The number of hydrogen-bond donors (Lipinski definition) is 2. The van der Waals surface area contributed by atoms with Crippen molar-refractivity contribution in [2.45, 2.75) is 94.1 Å². The Bertz CT molecular complexity index is 2310. The van der Waals surface area contributed by atoms with Gasteiger partial charge in [-0.05, 0) is 121 Å². The molecule has 66 heavy (non-hydrogen) atoms. The summed E-state index contributed by atoms with van der Waals surface area (Å²) in [7, 11) is 0. The molecule has 1 heterocycles. The Hall–Kier alpha value is -5.67. The molecular formula is C52H61N3O10S. The van der Waals surface area contributed by atoms with E-state index in [0.717, 1.165) is 47.3 Å². The minimum Gasteiger partial charge on any atom is -0.459 e. The van der Waals surface area contributed by atoms with Gasteiger partial charge in [-0.2, -0.15) is 0 Å². The lowest BCUT2D eigenvalue weighted by atomic mass is 9.55. The van der Waals surface area contributed by atoms with Crippen molar-refractivity contribution < 1.29 is 43.7 Å². The number of ether oxygens (including phenoxy) is 4. The highest BCUT2D eigenvalue weighted by Crippen LogP contribution is 2.62. The van der Waals surface area contributed by atoms with Crippen molar-refractivity contribution in [2.75, 3.05) is 32.6 Å². The van der Waals surface area contributed by atoms with Gasteiger partial charge in [0.05, 0.1) is 23.2 Å². The van der Waals surface area contributed by atoms with E-state index in [9.17, 15) is 25.1 Å². The van der Waals surface area contributed by atoms with Crippen molar-refractivity contribution >= 4 is 29.3 Å². The number of amides is 1. The molecule has 0 radical (unpaired) electrons. The highest BCUT2D eigenvalue weighted by atomic mass is 32.2. The number of rotatable bonds is 23. The summed E-state index contributed by atoms with van der Waals surface area (Å²) in [6, 6.07) is 28.8. The molecule has 13 nitrogen and oxygen atoms in total. The van der Waals surface area contributed by atoms with E-state index in [1.165, 1.54) is 12.1 Å². The smallest absolute Gasteiger partial charge is 0.410 e. The fourth-order valence-electron chi connectivity index (χ4n) is 9.81. The normalized spacial score (nSPS) is 22.3. The van der Waals surface area contributed by atoms with Crippen LogP contribution in [0.25, 0.3) is 0 Å². The van der Waals surface area contributed by atoms with Gasteiger partial charge in [0.25, 0.3) is 5.69 Å². The summed E-state index contributed by atoms with van der Waals surface area (Å²) in [5, 5.41) is 36.2. The summed E-state index contributed by atoms with van der Waals surface area (Å²) in [6.07, 6.45) is 10.7. The zero-order chi connectivity index (χ0) is 46.5. The van der Waals surface area contributed by atoms with Crippen LogP contribution in [0.2, 0.25) is 0 Å². The molecule has 2 N–H and O–H groups in total. The number of benzene rings is 4. The van der Waals surface area contributed by atoms with Crippen LogP contribution in [0, 0.1) is 27.9 Å². The van der Waals surface area contributed by atoms with Gasteiger partial charge in [-0.1, -0.05) is 67.4 Å². The molecule has 0 aromatic heterocycles. The van der Waals surface area contributed by atoms with Crippen LogP contribution in [0.15, 0.2) is 131 Å². The van der Waals surface area contributed by atoms with Crippen molar-refractivity contribution in [3.8, 4) is 17.2 Å². The number of allylic oxidation sites excluding steroid dienone is 1. The maximum absolute atomic E-state index is 14.6. The molecule has 1 aliphatic heterocycles. The summed E-state index contributed by atoms with van der Waals surface area (Å²) in [5.41, 5.74) is 3.97. The quantitative estimate of drug-likeness (QED) is 0.0239. The standard InChI is InChI=1S/C52H61N3O10S/c1-4-27-54(51(58)61-34-36-13-7-6-8-14-36)48-33-46(53-63-35-37-17-19-39(20-18-37)55(59)60)44-31-38(15-9-11-28-56)43(16-10-12-29-57)49-45-32-41(64-40-21-24-42(66-3)25-22-40)23-26-47(45)65-52(48,50(44)49)62-30-5-2/h5-8,13-14,17-26,31-32,38,43,48-50,56-57H,2,4,9-12,15-16,27-30,33-35H2,1,3H3. The number of nitrogens with zero attached hydrogens (tertiary/aromatic N) is 3. The lowest BCUT2D eigenvalue weighted by Gasteiger charge is -2.59. The number of aliphatic hydroxyl groups excluding tert-OH is 2. The molecule has 0 spiro atoms. The molecule has 1 saturated carbocycles. The van der Waals surface area contributed by atoms with E-state index < -0.39 is 28.8 Å². The van der Waals surface area contributed by atoms with Gasteiger partial charge in [-0.3, -0.25) is 15.0 Å². The van der Waals surface area contributed by atoms with Crippen LogP contribution in [0.3, 0.4) is 0 Å². The molecule has 6 atom stereocenters. The number of hydrogen-bond acceptors (Lipinski definition) is 12. The first-order valence-electron chi connectivity index (χ1n) is 23.0. The number of carbonyl (C=O) groups is 1. The highest BCUT2D eigenvalue weighted by Gasteiger charge is 2.65. The van der Waals surface area contributed by atoms with E-state index in [-0.39, 0.29) is 62.9 Å². The first-order valence-corrected chi connectivity index (χ1v) is 24.2. The van der Waals surface area contributed by atoms with Gasteiger partial charge in [0.2, 0.25) is 5.79 Å². The van der Waals surface area contributed by atoms with E-state index in [2.05, 4.69) is 18.7 Å². The number of unbranched alkanes of at least 4 members (excludes halogenated alkanes) is 2. The van der Waals surface area contributed by atoms with Crippen molar-refractivity contribution in [1.29, 1.82) is 0 Å². The molecule has 0 bridgehead atoms. The third-order valence-corrected chi connectivity index (χ3v) is 13.5. The summed E-state index contributed by atoms with van der Waals surface area (Å²) >= 11 is 1.66. The van der Waals surface area contributed by atoms with E-state index >= 15 is 0 Å². The Balaban J connectivity index is 1.40. The van der Waals surface area contributed by atoms with Crippen molar-refractivity contribution in [3.63, 3.8) is 0 Å². The van der Waals surface area contributed by atoms with Crippen LogP contribution in [0.4, 0.5) is 10.5 Å². The van der Waals surface area contributed by atoms with E-state index in [0.29, 0.717) is 54.3 Å². The van der Waals surface area contributed by atoms with Gasteiger partial charge in [-0.25, -0.2) is 4.79 Å². The third-order valence-electron chi connectivity index (χ3n) is 12.8. The lowest BCUT2D eigenvalue weighted by molar-refractivity contribution is -0.384. The fourth-order valence-corrected chi connectivity index (χ4v) is 10.2. The number of non-ortho nitro benzene ring substituents is 1. The van der Waals surface area contributed by atoms with Gasteiger partial charge < -0.3 is 34.0 Å². The Morgan fingerprint density at radius 1 is 0.955 bits per heavy atom. The molecule has 7 rings (SSSR count). The molecule has 350 valence electrons. The second-order valence-corrected chi connectivity index (χ2v) is 17.9. The zero-order valence-corrected chi connectivity index (χ0v) is 38.6. The van der Waals surface area contributed by atoms with Crippen LogP contribution < -0.4 is 9.47 Å². The topological polar surface area (TPSA) is 162 Å². The molecule has 3 aliphatic rings. The maximum Gasteiger partial charge on any atom is 0.410 e. The number of nitro groups is 1. The number of oxime groups is 1. The van der Waals surface area contributed by atoms with Gasteiger partial charge in [0, 0.05) is 54.7 Å². The molecule has 14 heteroatoms. The number of aliphatic hydroxyl groups is 2. The van der Waals surface area contributed by atoms with Crippen LogP contribution >= 0.6 is 11.8 Å². The summed E-state index contributed by atoms with van der Waals surface area (Å²) < 4.78 is 27.1. The Kier molecular flexibility index (Phi) is 16.9. The maximum atomic E-state index is 14.6. The Labute approximate surface area is 391 Å². The number of thioether (sulfide) groups is 1. The van der Waals surface area contributed by atoms with Crippen LogP contribution in [0.5, 0.6) is 17.2 Å². The zero-order valence-electron chi connectivity index (χ0n) is 37.8. The average Bonchev–Trinajstić information content (AvgIpc) is 3.34. The van der Waals surface area contributed by atoms with Gasteiger partial charge in [0.1, 0.15) is 36.5 Å². The lowest BCUT2D eigenvalue weighted by Crippen LogP contribution is -2.70. The molecule has 6 unspecified atom stereocenters. The van der Waals surface area contributed by atoms with Crippen LogP contribution in [-0.2, 0) is 27.5 Å². The average molecular weight is 920 g/mol. The summed E-state index contributed by atoms with van der Waals surface area (Å²) in [6.45, 7) is 6.75. The predicted octanol–water partition coefficient (Wildman–Crippen LogP) is 11.0. The highest BCUT2D eigenvalue weighted by molar-refractivity contribution is 7.98. The minimum absolute atomic E-state index is 0.0140. The number of fused-ring (bicyclic) bond motifs is 2. The monoisotopic (exact) mass is 919 g/mol. The third kappa shape index (κ3) is 11.1. The first kappa shape index (κ1) is 48.3. The van der Waals surface area contributed by atoms with Gasteiger partial charge >= 0.3 is 6.09 Å². The fraction of sp³-hybridized carbons (Fsp3) is 0.423. The molecule has 0 saturated heterocycles. The SMILES string of the molecule is C=CCOC12Oc3ccc(Oc4ccc(SC)cc4)cc3C3C(CCCCO)C(CCCCO)C=C(C(=NOCc4ccc([N+](=O)[O-])cc4)CC1N(CCC)C(=O)OCc1ccccc1)C32. The molecule has 4 aromatic rings. The second kappa shape index (κ2) is 23.2. The molecular weight excluding hydrogens is 859 g/mol. The molecule has 4 aromatic carbocycles. The number of nitro benzene ring substituents is 1. The van der Waals surface area contributed by atoms with E-state index in [4.69, 9.17) is 28.9 Å². The largest absolute Gasteiger partial charge is 0.459 e. The van der Waals surface area contributed by atoms with Crippen LogP contribution in [0.1, 0.15) is 80.9 Å². The van der Waals surface area contributed by atoms with Crippen molar-refractivity contribution in [1.82, 2.24) is 4.90 Å². The second-order valence-electron chi connectivity index (χ2n) is 17.0. The molecule has 1 fully saturated rings. The van der Waals surface area contributed by atoms with E-state index in [1.807, 2.05) is 79.9 Å². The summed E-state index contributed by atoms with van der Waals surface area (Å²) in [5.74, 6) is -0.265. The summed E-state index contributed by atoms with van der Waals surface area (Å²) in [4.78, 5) is 34.6. The predicted molar refractivity (Wildman–Crippen MR) is 255 cm³/mol. The Morgan fingerprint density at radius 2 is 1.67 bits per heavy atom. The van der Waals surface area contributed by atoms with E-state index in [1.54, 1.807) is 34.9 Å². The number of carbonyl (C=O) groups excluding carboxylic acids is 1. The van der Waals surface area contributed by atoms with Crippen LogP contribution in [-0.4, -0.2) is 76.3 Å². The van der Waals surface area contributed by atoms with Crippen molar-refractivity contribution in [3.05, 3.63) is 148 Å².